The maximum Gasteiger partial charge on any atom is 0.115 e. The number of aromatic hydroxyl groups is 1. The van der Waals surface area contributed by atoms with Crippen LogP contribution in [0.4, 0.5) is 0 Å². The molecule has 118 valence electrons. The number of hydrogen-bond donors (Lipinski definition) is 1. The number of phenols is 1. The molecule has 0 radical (unpaired) electrons. The van der Waals surface area contributed by atoms with Crippen LogP contribution in [0.25, 0.3) is 0 Å². The van der Waals surface area contributed by atoms with Gasteiger partial charge in [0, 0.05) is 6.04 Å². The number of likely N-dealkylation sites (tertiary alicyclic amines) is 1. The average Bonchev–Trinajstić information content (AvgIpc) is 2.67. The third-order valence-corrected chi connectivity index (χ3v) is 5.09. The van der Waals surface area contributed by atoms with E-state index in [0.29, 0.717) is 17.2 Å². The first-order valence-corrected chi connectivity index (χ1v) is 8.44. The zero-order valence-electron chi connectivity index (χ0n) is 14.1. The highest BCUT2D eigenvalue weighted by molar-refractivity contribution is 5.28. The van der Waals surface area contributed by atoms with Crippen LogP contribution in [0.5, 0.6) is 5.75 Å². The predicted molar refractivity (Wildman–Crippen MR) is 89.5 cm³/mol. The van der Waals surface area contributed by atoms with Crippen molar-refractivity contribution in [3.8, 4) is 5.75 Å². The largest absolute Gasteiger partial charge is 0.508 e. The molecule has 0 amide bonds. The minimum atomic E-state index is 0.359. The zero-order valence-corrected chi connectivity index (χ0v) is 14.1. The van der Waals surface area contributed by atoms with Crippen molar-refractivity contribution >= 4 is 0 Å². The van der Waals surface area contributed by atoms with E-state index in [1.54, 1.807) is 0 Å². The number of hydrogen-bond acceptors (Lipinski definition) is 2. The summed E-state index contributed by atoms with van der Waals surface area (Å²) in [7, 11) is 0. The van der Waals surface area contributed by atoms with E-state index >= 15 is 0 Å². The minimum absolute atomic E-state index is 0.359. The van der Waals surface area contributed by atoms with Gasteiger partial charge in [0.2, 0.25) is 0 Å². The Morgan fingerprint density at radius 1 is 1.14 bits per heavy atom. The molecule has 1 aromatic carbocycles. The molecule has 2 heteroatoms. The highest BCUT2D eigenvalue weighted by Crippen LogP contribution is 2.36. The molecule has 21 heavy (non-hydrogen) atoms. The maximum atomic E-state index is 9.48. The molecule has 1 fully saturated rings. The van der Waals surface area contributed by atoms with Crippen LogP contribution in [0, 0.1) is 11.3 Å². The van der Waals surface area contributed by atoms with Gasteiger partial charge in [-0.3, -0.25) is 4.90 Å². The van der Waals surface area contributed by atoms with Crippen LogP contribution in [0.1, 0.15) is 65.0 Å². The lowest BCUT2D eigenvalue weighted by molar-refractivity contribution is 0.179. The van der Waals surface area contributed by atoms with Crippen molar-refractivity contribution in [2.45, 2.75) is 59.4 Å². The first kappa shape index (κ1) is 16.4. The van der Waals surface area contributed by atoms with Crippen LogP contribution in [-0.2, 0) is 0 Å². The predicted octanol–water partition coefficient (Wildman–Crippen LogP) is 4.99. The summed E-state index contributed by atoms with van der Waals surface area (Å²) in [6.45, 7) is 11.8. The summed E-state index contributed by atoms with van der Waals surface area (Å²) >= 11 is 0. The summed E-state index contributed by atoms with van der Waals surface area (Å²) in [4.78, 5) is 2.65. The summed E-state index contributed by atoms with van der Waals surface area (Å²) in [6.07, 6.45) is 5.09. The van der Waals surface area contributed by atoms with E-state index in [2.05, 4.69) is 44.7 Å². The SMILES string of the molecule is CCC(c1ccc(O)cc1)N1CCCC(C(C)(C)C)CC1. The second-order valence-electron chi connectivity index (χ2n) is 7.55. The maximum absolute atomic E-state index is 9.48. The lowest BCUT2D eigenvalue weighted by atomic mass is 9.77. The van der Waals surface area contributed by atoms with Crippen molar-refractivity contribution in [2.24, 2.45) is 11.3 Å². The number of nitrogens with zero attached hydrogens (tertiary/aromatic N) is 1. The molecule has 1 aliphatic heterocycles. The summed E-state index contributed by atoms with van der Waals surface area (Å²) in [5.41, 5.74) is 1.76. The molecule has 0 spiro atoms. The molecule has 1 aromatic rings. The van der Waals surface area contributed by atoms with Gasteiger partial charge in [0.05, 0.1) is 0 Å². The molecule has 0 saturated carbocycles. The van der Waals surface area contributed by atoms with Gasteiger partial charge in [-0.2, -0.15) is 0 Å². The van der Waals surface area contributed by atoms with Crippen molar-refractivity contribution in [1.82, 2.24) is 4.90 Å². The van der Waals surface area contributed by atoms with Gasteiger partial charge in [0.25, 0.3) is 0 Å². The Morgan fingerprint density at radius 3 is 2.38 bits per heavy atom. The highest BCUT2D eigenvalue weighted by atomic mass is 16.3. The molecule has 0 aliphatic carbocycles. The van der Waals surface area contributed by atoms with Gasteiger partial charge in [-0.05, 0) is 67.8 Å². The smallest absolute Gasteiger partial charge is 0.115 e. The van der Waals surface area contributed by atoms with Crippen LogP contribution in [-0.4, -0.2) is 23.1 Å². The first-order chi connectivity index (χ1) is 9.91. The Hall–Kier alpha value is -1.02. The van der Waals surface area contributed by atoms with Gasteiger partial charge in [-0.25, -0.2) is 0 Å². The minimum Gasteiger partial charge on any atom is -0.508 e. The Kier molecular flexibility index (Phi) is 5.32. The van der Waals surface area contributed by atoms with E-state index < -0.39 is 0 Å². The number of benzene rings is 1. The monoisotopic (exact) mass is 289 g/mol. The third-order valence-electron chi connectivity index (χ3n) is 5.09. The van der Waals surface area contributed by atoms with E-state index in [4.69, 9.17) is 0 Å². The van der Waals surface area contributed by atoms with Crippen LogP contribution in [0.15, 0.2) is 24.3 Å². The molecule has 1 N–H and O–H groups in total. The second-order valence-corrected chi connectivity index (χ2v) is 7.55. The molecule has 2 atom stereocenters. The fourth-order valence-corrected chi connectivity index (χ4v) is 3.70. The van der Waals surface area contributed by atoms with Gasteiger partial charge >= 0.3 is 0 Å². The van der Waals surface area contributed by atoms with Gasteiger partial charge in [0.1, 0.15) is 5.75 Å². The third kappa shape index (κ3) is 4.23. The Labute approximate surface area is 130 Å². The second kappa shape index (κ2) is 6.83. The molecule has 1 saturated heterocycles. The van der Waals surface area contributed by atoms with Crippen molar-refractivity contribution in [3.05, 3.63) is 29.8 Å². The quantitative estimate of drug-likeness (QED) is 0.847. The van der Waals surface area contributed by atoms with Crippen molar-refractivity contribution in [1.29, 1.82) is 0 Å². The molecule has 2 rings (SSSR count). The van der Waals surface area contributed by atoms with E-state index in [9.17, 15) is 5.11 Å². The molecule has 1 heterocycles. The fourth-order valence-electron chi connectivity index (χ4n) is 3.70. The normalized spacial score (nSPS) is 22.8. The lowest BCUT2D eigenvalue weighted by Gasteiger charge is -2.32. The molecule has 2 unspecified atom stereocenters. The fraction of sp³-hybridized carbons (Fsp3) is 0.684. The molecule has 0 aromatic heterocycles. The molecule has 0 bridgehead atoms. The van der Waals surface area contributed by atoms with E-state index in [1.807, 2.05) is 12.1 Å². The van der Waals surface area contributed by atoms with Crippen LogP contribution in [0.2, 0.25) is 0 Å². The van der Waals surface area contributed by atoms with Gasteiger partial charge in [-0.1, -0.05) is 39.8 Å². The average molecular weight is 289 g/mol. The Bertz CT molecular complexity index is 432. The summed E-state index contributed by atoms with van der Waals surface area (Å²) in [5, 5.41) is 9.48. The standard InChI is InChI=1S/C19H31NO/c1-5-18(15-8-10-17(21)11-9-15)20-13-6-7-16(12-14-20)19(2,3)4/h8-11,16,18,21H,5-7,12-14H2,1-4H3. The topological polar surface area (TPSA) is 23.5 Å². The van der Waals surface area contributed by atoms with Crippen molar-refractivity contribution in [2.75, 3.05) is 13.1 Å². The van der Waals surface area contributed by atoms with E-state index in [1.165, 1.54) is 37.9 Å². The van der Waals surface area contributed by atoms with Crippen molar-refractivity contribution < 1.29 is 5.11 Å². The van der Waals surface area contributed by atoms with Crippen molar-refractivity contribution in [3.63, 3.8) is 0 Å². The van der Waals surface area contributed by atoms with E-state index in [-0.39, 0.29) is 0 Å². The molecular weight excluding hydrogens is 258 g/mol. The van der Waals surface area contributed by atoms with Crippen LogP contribution >= 0.6 is 0 Å². The van der Waals surface area contributed by atoms with Gasteiger partial charge < -0.3 is 5.11 Å². The summed E-state index contributed by atoms with van der Waals surface area (Å²) < 4.78 is 0. The van der Waals surface area contributed by atoms with Crippen LogP contribution < -0.4 is 0 Å². The number of rotatable bonds is 3. The number of phenolic OH excluding ortho intramolecular Hbond substituents is 1. The Balaban J connectivity index is 2.07. The molecule has 2 nitrogen and oxygen atoms in total. The van der Waals surface area contributed by atoms with E-state index in [0.717, 1.165) is 12.3 Å². The van der Waals surface area contributed by atoms with Crippen LogP contribution in [0.3, 0.4) is 0 Å². The zero-order chi connectivity index (χ0) is 15.5. The lowest BCUT2D eigenvalue weighted by Crippen LogP contribution is -2.30. The van der Waals surface area contributed by atoms with Gasteiger partial charge in [0.15, 0.2) is 0 Å². The highest BCUT2D eigenvalue weighted by Gasteiger charge is 2.29. The van der Waals surface area contributed by atoms with Gasteiger partial charge in [-0.15, -0.1) is 0 Å². The summed E-state index contributed by atoms with van der Waals surface area (Å²) in [6, 6.07) is 8.27. The molecule has 1 aliphatic rings. The first-order valence-electron chi connectivity index (χ1n) is 8.44. The molecular formula is C19H31NO. The summed E-state index contributed by atoms with van der Waals surface area (Å²) in [5.74, 6) is 1.19. The Morgan fingerprint density at radius 2 is 1.81 bits per heavy atom.